The summed E-state index contributed by atoms with van der Waals surface area (Å²) >= 11 is 0. The maximum Gasteiger partial charge on any atom is 0.337 e. The Balaban J connectivity index is 2.17. The number of nitrogens with one attached hydrogen (secondary N) is 2. The molecule has 2 rings (SSSR count). The van der Waals surface area contributed by atoms with Crippen LogP contribution in [0.2, 0.25) is 0 Å². The van der Waals surface area contributed by atoms with Crippen LogP contribution in [0, 0.1) is 0 Å². The Bertz CT molecular complexity index is 760. The van der Waals surface area contributed by atoms with Gasteiger partial charge in [0.1, 0.15) is 5.75 Å². The molecule has 0 saturated carbocycles. The van der Waals surface area contributed by atoms with Crippen molar-refractivity contribution in [1.29, 1.82) is 0 Å². The lowest BCUT2D eigenvalue weighted by Gasteiger charge is -2.18. The molecule has 128 valence electrons. The van der Waals surface area contributed by atoms with Gasteiger partial charge in [0.2, 0.25) is 0 Å². The number of ether oxygens (including phenoxy) is 1. The SMILES string of the molecule is CCOc1ccc(NC(=O)NCC(C)(O)C(=O)O)c2ncccc12. The Hall–Kier alpha value is -2.87. The number of carbonyl (C=O) groups excluding carboxylic acids is 1. The maximum atomic E-state index is 12.0. The summed E-state index contributed by atoms with van der Waals surface area (Å²) < 4.78 is 5.53. The molecule has 1 aromatic heterocycles. The Morgan fingerprint density at radius 2 is 2.08 bits per heavy atom. The average Bonchev–Trinajstić information content (AvgIpc) is 2.55. The van der Waals surface area contributed by atoms with Gasteiger partial charge < -0.3 is 25.6 Å². The predicted octanol–water partition coefficient (Wildman–Crippen LogP) is 1.59. The van der Waals surface area contributed by atoms with E-state index in [4.69, 9.17) is 9.84 Å². The van der Waals surface area contributed by atoms with Crippen molar-refractivity contribution in [2.75, 3.05) is 18.5 Å². The summed E-state index contributed by atoms with van der Waals surface area (Å²) in [6.45, 7) is 3.04. The monoisotopic (exact) mass is 333 g/mol. The molecule has 8 heteroatoms. The Morgan fingerprint density at radius 1 is 1.33 bits per heavy atom. The largest absolute Gasteiger partial charge is 0.493 e. The van der Waals surface area contributed by atoms with E-state index in [-0.39, 0.29) is 0 Å². The molecule has 8 nitrogen and oxygen atoms in total. The highest BCUT2D eigenvalue weighted by Crippen LogP contribution is 2.30. The van der Waals surface area contributed by atoms with Crippen molar-refractivity contribution in [3.8, 4) is 5.75 Å². The summed E-state index contributed by atoms with van der Waals surface area (Å²) in [5, 5.41) is 24.1. The summed E-state index contributed by atoms with van der Waals surface area (Å²) in [6, 6.07) is 6.31. The number of aliphatic carboxylic acids is 1. The minimum atomic E-state index is -2.05. The van der Waals surface area contributed by atoms with Gasteiger partial charge in [-0.1, -0.05) is 0 Å². The van der Waals surface area contributed by atoms with Crippen LogP contribution in [0.1, 0.15) is 13.8 Å². The lowest BCUT2D eigenvalue weighted by Crippen LogP contribution is -2.47. The zero-order chi connectivity index (χ0) is 17.7. The number of benzene rings is 1. The number of hydrogen-bond donors (Lipinski definition) is 4. The van der Waals surface area contributed by atoms with E-state index in [0.29, 0.717) is 23.6 Å². The van der Waals surface area contributed by atoms with Crippen LogP contribution in [0.3, 0.4) is 0 Å². The van der Waals surface area contributed by atoms with E-state index in [9.17, 15) is 14.7 Å². The average molecular weight is 333 g/mol. The Morgan fingerprint density at radius 3 is 2.75 bits per heavy atom. The van der Waals surface area contributed by atoms with Gasteiger partial charge in [-0.15, -0.1) is 0 Å². The van der Waals surface area contributed by atoms with Crippen molar-refractivity contribution in [2.24, 2.45) is 0 Å². The summed E-state index contributed by atoms with van der Waals surface area (Å²) in [7, 11) is 0. The summed E-state index contributed by atoms with van der Waals surface area (Å²) in [4.78, 5) is 27.0. The third-order valence-electron chi connectivity index (χ3n) is 3.33. The normalized spacial score (nSPS) is 13.1. The van der Waals surface area contributed by atoms with Crippen LogP contribution in [-0.2, 0) is 4.79 Å². The second kappa shape index (κ2) is 7.14. The second-order valence-corrected chi connectivity index (χ2v) is 5.33. The molecule has 1 aromatic carbocycles. The number of hydrogen-bond acceptors (Lipinski definition) is 5. The lowest BCUT2D eigenvalue weighted by atomic mass is 10.1. The molecular weight excluding hydrogens is 314 g/mol. The maximum absolute atomic E-state index is 12.0. The second-order valence-electron chi connectivity index (χ2n) is 5.33. The molecule has 2 amide bonds. The number of anilines is 1. The van der Waals surface area contributed by atoms with Crippen LogP contribution in [0.4, 0.5) is 10.5 Å². The fourth-order valence-electron chi connectivity index (χ4n) is 2.02. The Kier molecular flexibility index (Phi) is 5.20. The number of nitrogens with zero attached hydrogens (tertiary/aromatic N) is 1. The van der Waals surface area contributed by atoms with Crippen molar-refractivity contribution in [3.63, 3.8) is 0 Å². The van der Waals surface area contributed by atoms with Crippen molar-refractivity contribution in [3.05, 3.63) is 30.5 Å². The molecular formula is C16H19N3O5. The number of urea groups is 1. The number of carbonyl (C=O) groups is 2. The first-order chi connectivity index (χ1) is 11.3. The molecule has 0 saturated heterocycles. The molecule has 2 aromatic rings. The molecule has 0 spiro atoms. The van der Waals surface area contributed by atoms with Crippen LogP contribution in [0.15, 0.2) is 30.5 Å². The highest BCUT2D eigenvalue weighted by Gasteiger charge is 2.30. The number of rotatable bonds is 6. The molecule has 0 aliphatic rings. The highest BCUT2D eigenvalue weighted by molar-refractivity contribution is 6.01. The minimum absolute atomic E-state index is 0.434. The predicted molar refractivity (Wildman–Crippen MR) is 88.2 cm³/mol. The van der Waals surface area contributed by atoms with E-state index in [1.165, 1.54) is 0 Å². The zero-order valence-corrected chi connectivity index (χ0v) is 13.4. The van der Waals surface area contributed by atoms with Gasteiger partial charge in [-0.25, -0.2) is 9.59 Å². The molecule has 1 atom stereocenters. The van der Waals surface area contributed by atoms with E-state index in [1.54, 1.807) is 24.4 Å². The molecule has 1 heterocycles. The van der Waals surface area contributed by atoms with Crippen molar-refractivity contribution in [1.82, 2.24) is 10.3 Å². The summed E-state index contributed by atoms with van der Waals surface area (Å²) in [6.07, 6.45) is 1.59. The molecule has 0 aliphatic heterocycles. The van der Waals surface area contributed by atoms with Crippen LogP contribution in [0.25, 0.3) is 10.9 Å². The number of carboxylic acids is 1. The van der Waals surface area contributed by atoms with Gasteiger partial charge in [0, 0.05) is 11.6 Å². The van der Waals surface area contributed by atoms with Crippen LogP contribution in [0.5, 0.6) is 5.75 Å². The molecule has 1 unspecified atom stereocenters. The van der Waals surface area contributed by atoms with E-state index >= 15 is 0 Å². The first-order valence-corrected chi connectivity index (χ1v) is 7.36. The van der Waals surface area contributed by atoms with Gasteiger partial charge in [0.05, 0.1) is 24.4 Å². The van der Waals surface area contributed by atoms with Crippen molar-refractivity contribution >= 4 is 28.6 Å². The molecule has 24 heavy (non-hydrogen) atoms. The smallest absolute Gasteiger partial charge is 0.337 e. The first-order valence-electron chi connectivity index (χ1n) is 7.36. The van der Waals surface area contributed by atoms with E-state index < -0.39 is 24.1 Å². The number of carboxylic acid groups (broad SMARTS) is 1. The lowest BCUT2D eigenvalue weighted by molar-refractivity contribution is -0.155. The standard InChI is InChI=1S/C16H19N3O5/c1-3-24-12-7-6-11(13-10(12)5-4-8-17-13)19-15(22)18-9-16(2,23)14(20)21/h4-8,23H,3,9H2,1-2H3,(H,20,21)(H2,18,19,22). The number of fused-ring (bicyclic) bond motifs is 1. The third kappa shape index (κ3) is 3.90. The van der Waals surface area contributed by atoms with Gasteiger partial charge in [0.25, 0.3) is 0 Å². The molecule has 0 radical (unpaired) electrons. The van der Waals surface area contributed by atoms with Crippen LogP contribution in [-0.4, -0.2) is 46.0 Å². The highest BCUT2D eigenvalue weighted by atomic mass is 16.5. The topological polar surface area (TPSA) is 121 Å². The molecule has 0 fully saturated rings. The minimum Gasteiger partial charge on any atom is -0.493 e. The van der Waals surface area contributed by atoms with Crippen LogP contribution < -0.4 is 15.4 Å². The van der Waals surface area contributed by atoms with Gasteiger partial charge >= 0.3 is 12.0 Å². The van der Waals surface area contributed by atoms with Gasteiger partial charge in [-0.2, -0.15) is 0 Å². The Labute approximate surface area is 138 Å². The first kappa shape index (κ1) is 17.5. The fraction of sp³-hybridized carbons (Fsp3) is 0.312. The van der Waals surface area contributed by atoms with Crippen molar-refractivity contribution < 1.29 is 24.5 Å². The zero-order valence-electron chi connectivity index (χ0n) is 13.4. The third-order valence-corrected chi connectivity index (χ3v) is 3.33. The number of amides is 2. The van der Waals surface area contributed by atoms with E-state index in [0.717, 1.165) is 12.3 Å². The molecule has 4 N–H and O–H groups in total. The number of pyridine rings is 1. The molecule has 0 bridgehead atoms. The summed E-state index contributed by atoms with van der Waals surface area (Å²) in [5.74, 6) is -0.767. The van der Waals surface area contributed by atoms with Crippen LogP contribution >= 0.6 is 0 Å². The van der Waals surface area contributed by atoms with Crippen molar-refractivity contribution in [2.45, 2.75) is 19.4 Å². The van der Waals surface area contributed by atoms with E-state index in [2.05, 4.69) is 15.6 Å². The van der Waals surface area contributed by atoms with E-state index in [1.807, 2.05) is 13.0 Å². The van der Waals surface area contributed by atoms with Gasteiger partial charge in [-0.05, 0) is 38.1 Å². The number of aliphatic hydroxyl groups is 1. The summed E-state index contributed by atoms with van der Waals surface area (Å²) in [5.41, 5.74) is -1.05. The molecule has 0 aliphatic carbocycles. The quantitative estimate of drug-likeness (QED) is 0.637. The fourth-order valence-corrected chi connectivity index (χ4v) is 2.02. The van der Waals surface area contributed by atoms with Gasteiger partial charge in [0.15, 0.2) is 5.60 Å². The number of aromatic nitrogens is 1. The van der Waals surface area contributed by atoms with Gasteiger partial charge in [-0.3, -0.25) is 4.98 Å².